The maximum atomic E-state index is 12.5. The van der Waals surface area contributed by atoms with Gasteiger partial charge in [-0.25, -0.2) is 9.59 Å². The van der Waals surface area contributed by atoms with Crippen LogP contribution in [0, 0.1) is 0 Å². The number of hydrogen-bond donors (Lipinski definition) is 2. The number of carbonyl (C=O) groups excluding carboxylic acids is 2. The van der Waals surface area contributed by atoms with Gasteiger partial charge in [-0.05, 0) is 42.5 Å². The summed E-state index contributed by atoms with van der Waals surface area (Å²) in [6.07, 6.45) is -0.596. The molecule has 7 heteroatoms. The molecule has 0 saturated carbocycles. The molecule has 1 amide bonds. The normalized spacial score (nSPS) is 17.8. The van der Waals surface area contributed by atoms with E-state index in [4.69, 9.17) is 14.2 Å². The number of alkyl carbamates (subject to hydrolysis) is 1. The summed E-state index contributed by atoms with van der Waals surface area (Å²) in [6, 6.07) is 12.5. The van der Waals surface area contributed by atoms with E-state index in [9.17, 15) is 14.7 Å². The summed E-state index contributed by atoms with van der Waals surface area (Å²) < 4.78 is 15.8. The van der Waals surface area contributed by atoms with Crippen LogP contribution in [0.25, 0.3) is 0 Å². The molecule has 0 spiro atoms. The van der Waals surface area contributed by atoms with Gasteiger partial charge in [-0.15, -0.1) is 0 Å². The lowest BCUT2D eigenvalue weighted by Gasteiger charge is -2.31. The molecule has 2 atom stereocenters. The second-order valence-corrected chi connectivity index (χ2v) is 6.73. The highest BCUT2D eigenvalue weighted by molar-refractivity contribution is 5.94. The van der Waals surface area contributed by atoms with Crippen molar-refractivity contribution in [2.24, 2.45) is 0 Å². The third kappa shape index (κ3) is 4.68. The first-order valence-corrected chi connectivity index (χ1v) is 9.57. The molecule has 0 saturated heterocycles. The van der Waals surface area contributed by atoms with Crippen LogP contribution in [0.1, 0.15) is 46.5 Å². The SMILES string of the molecule is CCOC(=O)N[C@H]1CCc2c(ccc(OCc3ccccc3)c2C(=O)OC)[C@@H]1O. The Morgan fingerprint density at radius 1 is 1.17 bits per heavy atom. The van der Waals surface area contributed by atoms with Crippen LogP contribution in [0.5, 0.6) is 5.75 Å². The van der Waals surface area contributed by atoms with Gasteiger partial charge in [0.1, 0.15) is 17.9 Å². The first-order valence-electron chi connectivity index (χ1n) is 9.57. The fourth-order valence-electron chi connectivity index (χ4n) is 3.52. The molecule has 0 unspecified atom stereocenters. The molecule has 0 aliphatic heterocycles. The topological polar surface area (TPSA) is 94.1 Å². The van der Waals surface area contributed by atoms with Gasteiger partial charge in [0.15, 0.2) is 0 Å². The van der Waals surface area contributed by atoms with Crippen LogP contribution in [0.15, 0.2) is 42.5 Å². The maximum Gasteiger partial charge on any atom is 0.407 e. The quantitative estimate of drug-likeness (QED) is 0.725. The van der Waals surface area contributed by atoms with Gasteiger partial charge >= 0.3 is 12.1 Å². The monoisotopic (exact) mass is 399 g/mol. The highest BCUT2D eigenvalue weighted by Gasteiger charge is 2.33. The zero-order valence-electron chi connectivity index (χ0n) is 16.5. The van der Waals surface area contributed by atoms with E-state index in [1.807, 2.05) is 30.3 Å². The van der Waals surface area contributed by atoms with E-state index in [0.717, 1.165) is 5.56 Å². The third-order valence-corrected chi connectivity index (χ3v) is 4.92. The molecule has 2 aromatic carbocycles. The number of nitrogens with one attached hydrogen (secondary N) is 1. The lowest BCUT2D eigenvalue weighted by atomic mass is 9.83. The lowest BCUT2D eigenvalue weighted by molar-refractivity contribution is 0.0590. The van der Waals surface area contributed by atoms with E-state index in [0.29, 0.717) is 41.9 Å². The number of ether oxygens (including phenoxy) is 3. The fourth-order valence-corrected chi connectivity index (χ4v) is 3.52. The molecule has 0 bridgehead atoms. The molecular formula is C22H25NO6. The Morgan fingerprint density at radius 3 is 2.62 bits per heavy atom. The van der Waals surface area contributed by atoms with Gasteiger partial charge in [-0.3, -0.25) is 0 Å². The first-order chi connectivity index (χ1) is 14.0. The van der Waals surface area contributed by atoms with Gasteiger partial charge in [-0.2, -0.15) is 0 Å². The number of carbonyl (C=O) groups is 2. The van der Waals surface area contributed by atoms with Gasteiger partial charge in [0.2, 0.25) is 0 Å². The summed E-state index contributed by atoms with van der Waals surface area (Å²) in [5, 5.41) is 13.4. The number of methoxy groups -OCH3 is 1. The third-order valence-electron chi connectivity index (χ3n) is 4.92. The molecule has 3 rings (SSSR count). The summed E-state index contributed by atoms with van der Waals surface area (Å²) in [5.74, 6) is -0.114. The molecule has 0 aromatic heterocycles. The number of benzene rings is 2. The Kier molecular flexibility index (Phi) is 6.72. The van der Waals surface area contributed by atoms with Gasteiger partial charge < -0.3 is 24.6 Å². The molecule has 2 N–H and O–H groups in total. The number of rotatable bonds is 6. The predicted octanol–water partition coefficient (Wildman–Crippen LogP) is 3.15. The summed E-state index contributed by atoms with van der Waals surface area (Å²) in [6.45, 7) is 2.27. The molecule has 0 heterocycles. The molecule has 29 heavy (non-hydrogen) atoms. The molecule has 154 valence electrons. The smallest absolute Gasteiger partial charge is 0.407 e. The molecule has 1 aliphatic rings. The maximum absolute atomic E-state index is 12.5. The van der Waals surface area contributed by atoms with E-state index >= 15 is 0 Å². The van der Waals surface area contributed by atoms with Crippen LogP contribution in [-0.2, 0) is 22.5 Å². The Balaban J connectivity index is 1.87. The Bertz CT molecular complexity index is 867. The van der Waals surface area contributed by atoms with E-state index in [2.05, 4.69) is 5.32 Å². The Hall–Kier alpha value is -3.06. The van der Waals surface area contributed by atoms with Crippen molar-refractivity contribution in [3.05, 3.63) is 64.7 Å². The summed E-state index contributed by atoms with van der Waals surface area (Å²) in [7, 11) is 1.31. The average Bonchev–Trinajstić information content (AvgIpc) is 2.74. The van der Waals surface area contributed by atoms with Crippen molar-refractivity contribution in [3.63, 3.8) is 0 Å². The molecule has 2 aromatic rings. The van der Waals surface area contributed by atoms with Crippen molar-refractivity contribution in [3.8, 4) is 5.75 Å². The van der Waals surface area contributed by atoms with Gasteiger partial charge in [0.25, 0.3) is 0 Å². The summed E-state index contributed by atoms with van der Waals surface area (Å²) >= 11 is 0. The van der Waals surface area contributed by atoms with Crippen molar-refractivity contribution in [2.75, 3.05) is 13.7 Å². The van der Waals surface area contributed by atoms with Crippen molar-refractivity contribution in [1.82, 2.24) is 5.32 Å². The van der Waals surface area contributed by atoms with Crippen LogP contribution in [0.2, 0.25) is 0 Å². The van der Waals surface area contributed by atoms with Crippen LogP contribution in [0.3, 0.4) is 0 Å². The number of amides is 1. The van der Waals surface area contributed by atoms with Crippen LogP contribution in [0.4, 0.5) is 4.79 Å². The van der Waals surface area contributed by atoms with Crippen LogP contribution in [-0.4, -0.2) is 36.9 Å². The minimum atomic E-state index is -0.963. The predicted molar refractivity (Wildman–Crippen MR) is 106 cm³/mol. The standard InChI is InChI=1S/C22H25NO6/c1-3-28-22(26)23-17-11-9-15-16(20(17)24)10-12-18(19(15)21(25)27-2)29-13-14-7-5-4-6-8-14/h4-8,10,12,17,20,24H,3,9,11,13H2,1-2H3,(H,23,26)/t17-,20-/m0/s1. The molecule has 1 aliphatic carbocycles. The second kappa shape index (κ2) is 9.43. The Morgan fingerprint density at radius 2 is 1.93 bits per heavy atom. The minimum Gasteiger partial charge on any atom is -0.488 e. The lowest BCUT2D eigenvalue weighted by Crippen LogP contribution is -2.42. The van der Waals surface area contributed by atoms with Crippen LogP contribution >= 0.6 is 0 Å². The average molecular weight is 399 g/mol. The molecule has 7 nitrogen and oxygen atoms in total. The van der Waals surface area contributed by atoms with E-state index in [1.165, 1.54) is 7.11 Å². The van der Waals surface area contributed by atoms with Crippen molar-refractivity contribution >= 4 is 12.1 Å². The largest absolute Gasteiger partial charge is 0.488 e. The van der Waals surface area contributed by atoms with Gasteiger partial charge in [-0.1, -0.05) is 36.4 Å². The van der Waals surface area contributed by atoms with Crippen molar-refractivity contribution < 1.29 is 28.9 Å². The van der Waals surface area contributed by atoms with Crippen molar-refractivity contribution in [2.45, 2.75) is 38.5 Å². The van der Waals surface area contributed by atoms with Crippen molar-refractivity contribution in [1.29, 1.82) is 0 Å². The van der Waals surface area contributed by atoms with Gasteiger partial charge in [0, 0.05) is 0 Å². The molecule has 0 radical (unpaired) electrons. The Labute approximate surface area is 169 Å². The summed E-state index contributed by atoms with van der Waals surface area (Å²) in [4.78, 5) is 24.2. The highest BCUT2D eigenvalue weighted by Crippen LogP contribution is 2.37. The molecular weight excluding hydrogens is 374 g/mol. The number of aliphatic hydroxyl groups excluding tert-OH is 1. The van der Waals surface area contributed by atoms with Crippen LogP contribution < -0.4 is 10.1 Å². The highest BCUT2D eigenvalue weighted by atomic mass is 16.5. The zero-order chi connectivity index (χ0) is 20.8. The number of fused-ring (bicyclic) bond motifs is 1. The van der Waals surface area contributed by atoms with Gasteiger partial charge in [0.05, 0.1) is 25.9 Å². The number of aliphatic hydroxyl groups is 1. The molecule has 0 fully saturated rings. The van der Waals surface area contributed by atoms with E-state index < -0.39 is 24.2 Å². The minimum absolute atomic E-state index is 0.250. The fraction of sp³-hybridized carbons (Fsp3) is 0.364. The summed E-state index contributed by atoms with van der Waals surface area (Å²) in [5.41, 5.74) is 2.54. The zero-order valence-corrected chi connectivity index (χ0v) is 16.5. The van der Waals surface area contributed by atoms with E-state index in [1.54, 1.807) is 19.1 Å². The number of esters is 1. The first kappa shape index (κ1) is 20.7. The van der Waals surface area contributed by atoms with E-state index in [-0.39, 0.29) is 6.61 Å². The second-order valence-electron chi connectivity index (χ2n) is 6.73. The number of hydrogen-bond acceptors (Lipinski definition) is 6.